The maximum atomic E-state index is 14.6. The van der Waals surface area contributed by atoms with Gasteiger partial charge in [0.1, 0.15) is 41.7 Å². The first-order chi connectivity index (χ1) is 36.5. The third-order valence-corrected chi connectivity index (χ3v) is 16.1. The fourth-order valence-electron chi connectivity index (χ4n) is 11.0. The fraction of sp³-hybridized carbons (Fsp3) is 0.759. The summed E-state index contributed by atoms with van der Waals surface area (Å²) in [5, 5.41) is 23.5. The van der Waals surface area contributed by atoms with Gasteiger partial charge >= 0.3 is 11.9 Å². The van der Waals surface area contributed by atoms with Gasteiger partial charge < -0.3 is 53.0 Å². The van der Waals surface area contributed by atoms with E-state index in [1.165, 1.54) is 14.2 Å². The second-order valence-electron chi connectivity index (χ2n) is 22.9. The van der Waals surface area contributed by atoms with Crippen LogP contribution in [-0.4, -0.2) is 152 Å². The molecule has 4 heterocycles. The lowest BCUT2D eigenvalue weighted by molar-refractivity contribution is -0.283. The Labute approximate surface area is 449 Å². The molecular formula is C58H89NO16. The molecular weight excluding hydrogens is 967 g/mol. The van der Waals surface area contributed by atoms with Crippen LogP contribution < -0.4 is 0 Å². The number of amides is 1. The molecule has 0 unspecified atom stereocenters. The minimum absolute atomic E-state index is 0.0125. The lowest BCUT2D eigenvalue weighted by Gasteiger charge is -2.42. The van der Waals surface area contributed by atoms with Gasteiger partial charge in [0.25, 0.3) is 11.7 Å². The maximum Gasteiger partial charge on any atom is 0.329 e. The van der Waals surface area contributed by atoms with Crippen LogP contribution in [0.15, 0.2) is 48.1 Å². The van der Waals surface area contributed by atoms with Crippen molar-refractivity contribution in [3.63, 3.8) is 0 Å². The molecule has 0 aromatic carbocycles. The minimum atomic E-state index is -2.84. The van der Waals surface area contributed by atoms with Crippen molar-refractivity contribution < 1.29 is 81.0 Å². The molecule has 17 heteroatoms. The fourth-order valence-corrected chi connectivity index (χ4v) is 11.0. The van der Waals surface area contributed by atoms with Crippen molar-refractivity contribution in [2.24, 2.45) is 40.9 Å². The van der Waals surface area contributed by atoms with Crippen LogP contribution in [0.2, 0.25) is 0 Å². The summed E-state index contributed by atoms with van der Waals surface area (Å²) in [6.45, 7) is 15.6. The molecule has 1 amide bonds. The number of allylic oxidation sites excluding steroid dienone is 6. The Bertz CT molecular complexity index is 2200. The van der Waals surface area contributed by atoms with Crippen molar-refractivity contribution in [1.29, 1.82) is 0 Å². The van der Waals surface area contributed by atoms with E-state index < -0.39 is 120 Å². The molecule has 4 aliphatic heterocycles. The van der Waals surface area contributed by atoms with Gasteiger partial charge in [-0.25, -0.2) is 4.79 Å². The second kappa shape index (κ2) is 27.6. The van der Waals surface area contributed by atoms with Crippen molar-refractivity contribution in [2.75, 3.05) is 41.0 Å². The Morgan fingerprint density at radius 2 is 1.56 bits per heavy atom. The molecule has 1 aliphatic carbocycles. The van der Waals surface area contributed by atoms with Gasteiger partial charge in [0, 0.05) is 58.4 Å². The van der Waals surface area contributed by atoms with Crippen molar-refractivity contribution in [3.8, 4) is 0 Å². The predicted octanol–water partition coefficient (Wildman–Crippen LogP) is 7.13. The van der Waals surface area contributed by atoms with Crippen molar-refractivity contribution in [1.82, 2.24) is 4.90 Å². The zero-order valence-corrected chi connectivity index (χ0v) is 46.3. The van der Waals surface area contributed by atoms with Gasteiger partial charge in [-0.2, -0.15) is 0 Å². The zero-order valence-electron chi connectivity index (χ0n) is 49.3. The number of rotatable bonds is 8. The summed E-state index contributed by atoms with van der Waals surface area (Å²) in [5.74, 6) is -10.8. The third kappa shape index (κ3) is 16.3. The van der Waals surface area contributed by atoms with Crippen LogP contribution in [0.3, 0.4) is 0 Å². The molecule has 5 rings (SSSR count). The average Bonchev–Trinajstić information content (AvgIpc) is 3.38. The quantitative estimate of drug-likeness (QED) is 0.140. The van der Waals surface area contributed by atoms with Crippen molar-refractivity contribution >= 4 is 35.2 Å². The highest BCUT2D eigenvalue weighted by Crippen LogP contribution is 2.39. The number of fused-ring (bicyclic) bond motifs is 3. The van der Waals surface area contributed by atoms with Gasteiger partial charge in [-0.3, -0.25) is 24.0 Å². The highest BCUT2D eigenvalue weighted by molar-refractivity contribution is 6.39. The normalized spacial score (nSPS) is 39.5. The summed E-state index contributed by atoms with van der Waals surface area (Å²) >= 11 is 0. The van der Waals surface area contributed by atoms with E-state index in [2.05, 4.69) is 0 Å². The number of Topliss-reactive ketones (excluding diaryl/α,β-unsaturated/α-hetero) is 3. The van der Waals surface area contributed by atoms with Gasteiger partial charge in [-0.15, -0.1) is 0 Å². The molecule has 0 aromatic heterocycles. The number of cyclic esters (lactones) is 1. The summed E-state index contributed by atoms with van der Waals surface area (Å²) in [5.41, 5.74) is -0.832. The van der Waals surface area contributed by atoms with E-state index in [1.54, 1.807) is 67.5 Å². The Balaban J connectivity index is 1.45. The second-order valence-corrected chi connectivity index (χ2v) is 22.9. The molecule has 0 aromatic rings. The molecule has 0 radical (unpaired) electrons. The van der Waals surface area contributed by atoms with Crippen molar-refractivity contribution in [3.05, 3.63) is 48.1 Å². The van der Waals surface area contributed by atoms with Crippen LogP contribution in [-0.2, 0) is 66.7 Å². The average molecular weight is 1060 g/mol. The Morgan fingerprint density at radius 1 is 0.867 bits per heavy atom. The first-order valence-electron chi connectivity index (χ1n) is 28.6. The molecule has 15 atom stereocenters. The molecule has 5 aliphatic rings. The number of carbonyl (C=O) groups excluding carboxylic acids is 6. The zero-order chi connectivity index (χ0) is 57.9. The Kier molecular flexibility index (Phi) is 21.1. The van der Waals surface area contributed by atoms with E-state index in [-0.39, 0.29) is 75.3 Å². The molecule has 2 N–H and O–H groups in total. The number of methoxy groups -OCH3 is 3. The van der Waals surface area contributed by atoms with E-state index in [0.717, 1.165) is 4.90 Å². The summed E-state index contributed by atoms with van der Waals surface area (Å²) < 4.78 is 70.8. The standard InChI is InChI=1S/C58H89NO16/c1-35-19-15-13-14-16-20-42(68-10)31-43-24-22-40(6)58(67,75-43)52(63)53(64)59-26-18-17-21-44(59)54(65)73-47(32-45(60)36(2)28-39(5)50(62)51(70-12)49(61)38(4)27-35)37(3)29-41-23-25-46(48(30-41)69-11)74-55(66)57(9)33-71-56(7,8)72-34-57/h13-16,19-20,28,35-38,40-44,46-48,50-51,62,67H,17-18,21-27,29-34H2,1-12H3/b14-13+,19-15+,20-16+,39-28+/t35-,36-,37+,38-,40-,41+,42-,43+,44+,46-,47+,48-,50-,51+,58-/m1/s1/i11D3. The van der Waals surface area contributed by atoms with Crippen LogP contribution in [0.25, 0.3) is 0 Å². The topological polar surface area (TPSA) is 220 Å². The highest BCUT2D eigenvalue weighted by atomic mass is 16.7. The van der Waals surface area contributed by atoms with Crippen LogP contribution in [0.4, 0.5) is 0 Å². The van der Waals surface area contributed by atoms with Gasteiger partial charge in [0.15, 0.2) is 11.6 Å². The number of aliphatic hydroxyl groups is 2. The van der Waals surface area contributed by atoms with Gasteiger partial charge in [0.2, 0.25) is 5.79 Å². The van der Waals surface area contributed by atoms with Gasteiger partial charge in [-0.05, 0) is 115 Å². The molecule has 17 nitrogen and oxygen atoms in total. The molecule has 1 saturated carbocycles. The van der Waals surface area contributed by atoms with Crippen molar-refractivity contribution in [2.45, 2.75) is 200 Å². The summed E-state index contributed by atoms with van der Waals surface area (Å²) in [6.07, 6.45) is 9.38. The monoisotopic (exact) mass is 1060 g/mol. The lowest BCUT2D eigenvalue weighted by atomic mass is 9.78. The third-order valence-electron chi connectivity index (χ3n) is 16.1. The number of ketones is 3. The van der Waals surface area contributed by atoms with Gasteiger partial charge in [-0.1, -0.05) is 77.2 Å². The summed E-state index contributed by atoms with van der Waals surface area (Å²) in [7, 11) is 0.0434. The number of nitrogens with zero attached hydrogens (tertiary/aromatic N) is 1. The van der Waals surface area contributed by atoms with Crippen LogP contribution in [0.5, 0.6) is 0 Å². The summed E-state index contributed by atoms with van der Waals surface area (Å²) in [4.78, 5) is 86.3. The predicted molar refractivity (Wildman–Crippen MR) is 278 cm³/mol. The first kappa shape index (κ1) is 57.2. The molecule has 3 saturated heterocycles. The number of piperidine rings is 1. The first-order valence-corrected chi connectivity index (χ1v) is 27.1. The minimum Gasteiger partial charge on any atom is -0.460 e. The van der Waals surface area contributed by atoms with E-state index in [4.69, 9.17) is 42.0 Å². The van der Waals surface area contributed by atoms with E-state index in [9.17, 15) is 39.0 Å². The molecule has 0 spiro atoms. The number of ether oxygens (including phenoxy) is 8. The molecule has 4 fully saturated rings. The number of carbonyl (C=O) groups is 6. The van der Waals surface area contributed by atoms with Crippen LogP contribution in [0.1, 0.15) is 143 Å². The number of esters is 2. The lowest BCUT2D eigenvalue weighted by Crippen LogP contribution is -2.60. The largest absolute Gasteiger partial charge is 0.460 e. The smallest absolute Gasteiger partial charge is 0.329 e. The maximum absolute atomic E-state index is 14.6. The number of hydrogen-bond acceptors (Lipinski definition) is 16. The SMILES string of the molecule is [2H]C([2H])([2H])O[C@@H]1C[C@H](C[C@H](C)[C@@H]2CC(=O)[C@H](C)/C=C(\C)[C@@H](O)[C@@H](OC)C(=O)[C@H](C)C[C@H](C)/C=C/C=C/C=C/[C@@H](OC)C[C@@H]3CC[C@@H](C)[C@@](O)(O3)C(=O)C(=O)N3CCCC[C@H]3C(=O)O2)CC[C@H]1OC(=O)C1(C)COC(C)(C)OC1. The number of hydrogen-bond donors (Lipinski definition) is 2. The van der Waals surface area contributed by atoms with E-state index >= 15 is 0 Å². The molecule has 2 bridgehead atoms. The highest BCUT2D eigenvalue weighted by Gasteiger charge is 2.53. The van der Waals surface area contributed by atoms with Crippen LogP contribution >= 0.6 is 0 Å². The van der Waals surface area contributed by atoms with Crippen LogP contribution in [0, 0.1) is 40.9 Å². The molecule has 422 valence electrons. The summed E-state index contributed by atoms with van der Waals surface area (Å²) in [6, 6.07) is -1.25. The van der Waals surface area contributed by atoms with E-state index in [0.29, 0.717) is 50.5 Å². The van der Waals surface area contributed by atoms with E-state index in [1.807, 2.05) is 37.3 Å². The Morgan fingerprint density at radius 3 is 2.23 bits per heavy atom. The molecule has 75 heavy (non-hydrogen) atoms. The Hall–Kier alpha value is -3.94. The number of aliphatic hydroxyl groups excluding tert-OH is 1. The van der Waals surface area contributed by atoms with Gasteiger partial charge in [0.05, 0.1) is 35.6 Å².